The van der Waals surface area contributed by atoms with E-state index in [0.29, 0.717) is 18.1 Å². The van der Waals surface area contributed by atoms with Gasteiger partial charge in [0.1, 0.15) is 12.0 Å². The van der Waals surface area contributed by atoms with Gasteiger partial charge in [0, 0.05) is 19.1 Å². The van der Waals surface area contributed by atoms with Crippen LogP contribution in [-0.2, 0) is 16.0 Å². The fourth-order valence-electron chi connectivity index (χ4n) is 1.63. The van der Waals surface area contributed by atoms with Crippen LogP contribution in [0.1, 0.15) is 30.4 Å². The summed E-state index contributed by atoms with van der Waals surface area (Å²) in [6, 6.07) is 0. The summed E-state index contributed by atoms with van der Waals surface area (Å²) in [7, 11) is 0. The van der Waals surface area contributed by atoms with Crippen molar-refractivity contribution in [2.24, 2.45) is 0 Å². The van der Waals surface area contributed by atoms with Crippen molar-refractivity contribution in [2.45, 2.75) is 25.2 Å². The minimum absolute atomic E-state index is 0.316. The second kappa shape index (κ2) is 4.37. The smallest absolute Gasteiger partial charge is 0.197 e. The third-order valence-corrected chi connectivity index (χ3v) is 2.43. The van der Waals surface area contributed by atoms with Crippen LogP contribution in [0.4, 0.5) is 0 Å². The van der Waals surface area contributed by atoms with Crippen LogP contribution in [0.5, 0.6) is 0 Å². The van der Waals surface area contributed by atoms with E-state index < -0.39 is 0 Å². The molecule has 0 radical (unpaired) electrons. The number of aromatic nitrogens is 1. The lowest BCUT2D eigenvalue weighted by Gasteiger charge is -2.18. The van der Waals surface area contributed by atoms with Crippen molar-refractivity contribution >= 4 is 6.29 Å². The molecule has 0 N–H and O–H groups in total. The number of hydrogen-bond acceptors (Lipinski definition) is 4. The number of oxazole rings is 1. The number of hydrogen-bond donors (Lipinski definition) is 0. The Labute approximate surface area is 82.3 Å². The Kier molecular flexibility index (Phi) is 2.93. The first-order chi connectivity index (χ1) is 6.90. The van der Waals surface area contributed by atoms with Gasteiger partial charge >= 0.3 is 0 Å². The zero-order valence-electron chi connectivity index (χ0n) is 7.94. The molecule has 4 nitrogen and oxygen atoms in total. The molecule has 0 bridgehead atoms. The first kappa shape index (κ1) is 9.40. The highest BCUT2D eigenvalue weighted by Gasteiger charge is 2.20. The van der Waals surface area contributed by atoms with Crippen LogP contribution in [0.2, 0.25) is 0 Å². The van der Waals surface area contributed by atoms with Gasteiger partial charge in [0.05, 0.1) is 12.6 Å². The molecule has 0 unspecified atom stereocenters. The van der Waals surface area contributed by atoms with Gasteiger partial charge in [-0.05, 0) is 12.8 Å². The Bertz CT molecular complexity index is 302. The van der Waals surface area contributed by atoms with E-state index >= 15 is 0 Å². The van der Waals surface area contributed by atoms with E-state index in [4.69, 9.17) is 9.15 Å². The van der Waals surface area contributed by atoms with Crippen molar-refractivity contribution < 1.29 is 13.9 Å². The number of ether oxygens (including phenoxy) is 1. The molecule has 1 fully saturated rings. The number of carbonyl (C=O) groups excluding carboxylic acids is 1. The van der Waals surface area contributed by atoms with Crippen molar-refractivity contribution in [2.75, 3.05) is 13.2 Å². The SMILES string of the molecule is O=CCc1cnc(C2CCOCC2)o1. The first-order valence-electron chi connectivity index (χ1n) is 4.86. The summed E-state index contributed by atoms with van der Waals surface area (Å²) >= 11 is 0. The van der Waals surface area contributed by atoms with Crippen LogP contribution in [0, 0.1) is 0 Å². The topological polar surface area (TPSA) is 52.3 Å². The molecule has 0 spiro atoms. The third kappa shape index (κ3) is 2.01. The van der Waals surface area contributed by atoms with Crippen molar-refractivity contribution in [1.82, 2.24) is 4.98 Å². The van der Waals surface area contributed by atoms with E-state index in [2.05, 4.69) is 4.98 Å². The molecule has 0 aliphatic carbocycles. The lowest BCUT2D eigenvalue weighted by Crippen LogP contribution is -2.14. The Hall–Kier alpha value is -1.16. The quantitative estimate of drug-likeness (QED) is 0.682. The van der Waals surface area contributed by atoms with Crippen molar-refractivity contribution in [1.29, 1.82) is 0 Å². The van der Waals surface area contributed by atoms with Crippen molar-refractivity contribution in [3.8, 4) is 0 Å². The van der Waals surface area contributed by atoms with Crippen LogP contribution in [0.25, 0.3) is 0 Å². The van der Waals surface area contributed by atoms with E-state index in [-0.39, 0.29) is 0 Å². The number of carbonyl (C=O) groups is 1. The van der Waals surface area contributed by atoms with Gasteiger partial charge in [0.15, 0.2) is 5.89 Å². The maximum Gasteiger partial charge on any atom is 0.197 e. The van der Waals surface area contributed by atoms with E-state index in [1.165, 1.54) is 0 Å². The minimum Gasteiger partial charge on any atom is -0.445 e. The molecule has 0 saturated carbocycles. The highest BCUT2D eigenvalue weighted by atomic mass is 16.5. The van der Waals surface area contributed by atoms with E-state index in [1.807, 2.05) is 0 Å². The number of aldehydes is 1. The van der Waals surface area contributed by atoms with Gasteiger partial charge in [-0.25, -0.2) is 4.98 Å². The largest absolute Gasteiger partial charge is 0.445 e. The minimum atomic E-state index is 0.316. The van der Waals surface area contributed by atoms with Crippen LogP contribution in [-0.4, -0.2) is 24.5 Å². The standard InChI is InChI=1S/C10H13NO3/c12-4-1-9-7-11-10(14-9)8-2-5-13-6-3-8/h4,7-8H,1-3,5-6H2. The molecule has 0 atom stereocenters. The third-order valence-electron chi connectivity index (χ3n) is 2.43. The molecule has 1 aromatic heterocycles. The average Bonchev–Trinajstić information content (AvgIpc) is 2.68. The van der Waals surface area contributed by atoms with Gasteiger partial charge in [-0.2, -0.15) is 0 Å². The first-order valence-corrected chi connectivity index (χ1v) is 4.86. The summed E-state index contributed by atoms with van der Waals surface area (Å²) in [5, 5.41) is 0. The molecule has 1 aliphatic rings. The zero-order chi connectivity index (χ0) is 9.80. The van der Waals surface area contributed by atoms with Gasteiger partial charge in [-0.1, -0.05) is 0 Å². The fourth-order valence-corrected chi connectivity index (χ4v) is 1.63. The van der Waals surface area contributed by atoms with Crippen LogP contribution in [0.3, 0.4) is 0 Å². The molecule has 1 saturated heterocycles. The van der Waals surface area contributed by atoms with E-state index in [9.17, 15) is 4.79 Å². The Morgan fingerprint density at radius 3 is 3.00 bits per heavy atom. The molecule has 4 heteroatoms. The predicted octanol–water partition coefficient (Wildman–Crippen LogP) is 1.31. The molecule has 76 valence electrons. The summed E-state index contributed by atoms with van der Waals surface area (Å²) in [6.07, 6.45) is 4.70. The average molecular weight is 195 g/mol. The summed E-state index contributed by atoms with van der Waals surface area (Å²) in [6.45, 7) is 1.55. The fraction of sp³-hybridized carbons (Fsp3) is 0.600. The summed E-state index contributed by atoms with van der Waals surface area (Å²) in [5.74, 6) is 1.77. The second-order valence-corrected chi connectivity index (χ2v) is 3.42. The van der Waals surface area contributed by atoms with Crippen molar-refractivity contribution in [3.05, 3.63) is 17.8 Å². The summed E-state index contributed by atoms with van der Waals surface area (Å²) < 4.78 is 10.7. The zero-order valence-corrected chi connectivity index (χ0v) is 7.94. The van der Waals surface area contributed by atoms with Crippen molar-refractivity contribution in [3.63, 3.8) is 0 Å². The van der Waals surface area contributed by atoms with E-state index in [1.54, 1.807) is 6.20 Å². The summed E-state index contributed by atoms with van der Waals surface area (Å²) in [5.41, 5.74) is 0. The highest BCUT2D eigenvalue weighted by Crippen LogP contribution is 2.26. The molecule has 0 amide bonds. The Morgan fingerprint density at radius 2 is 2.29 bits per heavy atom. The van der Waals surface area contributed by atoms with Crippen LogP contribution in [0.15, 0.2) is 10.6 Å². The Morgan fingerprint density at radius 1 is 1.50 bits per heavy atom. The molecular weight excluding hydrogens is 182 g/mol. The molecular formula is C10H13NO3. The van der Waals surface area contributed by atoms with Crippen LogP contribution >= 0.6 is 0 Å². The molecule has 1 aliphatic heterocycles. The van der Waals surface area contributed by atoms with Gasteiger partial charge in [-0.15, -0.1) is 0 Å². The molecule has 2 rings (SSSR count). The van der Waals surface area contributed by atoms with Gasteiger partial charge < -0.3 is 13.9 Å². The maximum atomic E-state index is 10.3. The monoisotopic (exact) mass is 195 g/mol. The lowest BCUT2D eigenvalue weighted by molar-refractivity contribution is -0.107. The van der Waals surface area contributed by atoms with E-state index in [0.717, 1.165) is 38.2 Å². The molecule has 1 aromatic rings. The predicted molar refractivity (Wildman–Crippen MR) is 49.1 cm³/mol. The molecule has 14 heavy (non-hydrogen) atoms. The lowest BCUT2D eigenvalue weighted by atomic mass is 10.0. The number of rotatable bonds is 3. The molecule has 0 aromatic carbocycles. The maximum absolute atomic E-state index is 10.3. The Balaban J connectivity index is 2.03. The van der Waals surface area contributed by atoms with Gasteiger partial charge in [0.25, 0.3) is 0 Å². The second-order valence-electron chi connectivity index (χ2n) is 3.42. The molecule has 2 heterocycles. The van der Waals surface area contributed by atoms with Gasteiger partial charge in [0.2, 0.25) is 0 Å². The van der Waals surface area contributed by atoms with Crippen LogP contribution < -0.4 is 0 Å². The highest BCUT2D eigenvalue weighted by molar-refractivity contribution is 5.52. The van der Waals surface area contributed by atoms with Gasteiger partial charge in [-0.3, -0.25) is 0 Å². The number of nitrogens with zero attached hydrogens (tertiary/aromatic N) is 1. The normalized spacial score (nSPS) is 18.3. The summed E-state index contributed by atoms with van der Waals surface area (Å²) in [4.78, 5) is 14.4.